The molecule has 0 spiro atoms. The summed E-state index contributed by atoms with van der Waals surface area (Å²) in [6, 6.07) is 8.66. The highest BCUT2D eigenvalue weighted by Crippen LogP contribution is 2.14. The molecule has 4 heteroatoms. The number of aliphatic hydroxyl groups excluding tert-OH is 1. The summed E-state index contributed by atoms with van der Waals surface area (Å²) in [5.41, 5.74) is 1.29. The lowest BCUT2D eigenvalue weighted by Crippen LogP contribution is -2.58. The Bertz CT molecular complexity index is 380. The summed E-state index contributed by atoms with van der Waals surface area (Å²) in [6.45, 7) is 3.65. The fourth-order valence-corrected chi connectivity index (χ4v) is 2.70. The molecule has 0 aliphatic carbocycles. The summed E-state index contributed by atoms with van der Waals surface area (Å²) in [5, 5.41) is 13.9. The van der Waals surface area contributed by atoms with Crippen LogP contribution >= 0.6 is 11.6 Å². The van der Waals surface area contributed by atoms with Crippen molar-refractivity contribution < 1.29 is 5.11 Å². The van der Waals surface area contributed by atoms with Gasteiger partial charge < -0.3 is 10.4 Å². The minimum atomic E-state index is -0.293. The second kappa shape index (κ2) is 6.02. The Morgan fingerprint density at radius 2 is 2.11 bits per heavy atom. The van der Waals surface area contributed by atoms with Crippen molar-refractivity contribution in [3.63, 3.8) is 0 Å². The first-order valence-corrected chi connectivity index (χ1v) is 6.80. The van der Waals surface area contributed by atoms with Crippen molar-refractivity contribution in [3.05, 3.63) is 34.9 Å². The van der Waals surface area contributed by atoms with Crippen LogP contribution in [-0.4, -0.2) is 48.3 Å². The van der Waals surface area contributed by atoms with E-state index in [0.29, 0.717) is 6.04 Å². The number of nitrogens with zero attached hydrogens (tertiary/aromatic N) is 1. The van der Waals surface area contributed by atoms with Gasteiger partial charge in [-0.3, -0.25) is 4.90 Å². The molecule has 1 fully saturated rings. The number of rotatable bonds is 3. The van der Waals surface area contributed by atoms with Crippen LogP contribution in [0.3, 0.4) is 0 Å². The number of nitrogens with one attached hydrogen (secondary N) is 1. The van der Waals surface area contributed by atoms with Gasteiger partial charge in [-0.2, -0.15) is 0 Å². The Morgan fingerprint density at radius 3 is 2.67 bits per heavy atom. The summed E-state index contributed by atoms with van der Waals surface area (Å²) in [5.74, 6) is 0. The highest BCUT2D eigenvalue weighted by molar-refractivity contribution is 6.30. The highest BCUT2D eigenvalue weighted by Gasteiger charge is 2.27. The molecule has 0 aromatic heterocycles. The average molecular weight is 269 g/mol. The molecule has 2 N–H and O–H groups in total. The standard InChI is InChI=1S/C14H21ClN2O/c1-10(18)14-8-16-13(9-17(14)2)7-11-3-5-12(15)6-4-11/h3-6,10,13-14,16,18H,7-9H2,1-2H3/t10?,13-,14+/m0/s1. The Labute approximate surface area is 114 Å². The molecule has 1 aromatic carbocycles. The lowest BCUT2D eigenvalue weighted by Gasteiger charge is -2.39. The second-order valence-corrected chi connectivity index (χ2v) is 5.62. The van der Waals surface area contributed by atoms with Crippen molar-refractivity contribution in [1.82, 2.24) is 10.2 Å². The number of hydrogen-bond acceptors (Lipinski definition) is 3. The third-order valence-corrected chi connectivity index (χ3v) is 3.89. The van der Waals surface area contributed by atoms with Crippen LogP contribution in [0.25, 0.3) is 0 Å². The molecule has 1 aliphatic heterocycles. The van der Waals surface area contributed by atoms with E-state index in [9.17, 15) is 5.11 Å². The number of halogens is 1. The predicted octanol–water partition coefficient (Wildman–Crippen LogP) is 1.54. The van der Waals surface area contributed by atoms with Gasteiger partial charge in [0.05, 0.1) is 6.10 Å². The van der Waals surface area contributed by atoms with E-state index in [-0.39, 0.29) is 12.1 Å². The first-order chi connectivity index (χ1) is 8.56. The van der Waals surface area contributed by atoms with E-state index in [4.69, 9.17) is 11.6 Å². The molecule has 3 atom stereocenters. The Kier molecular flexibility index (Phi) is 4.62. The summed E-state index contributed by atoms with van der Waals surface area (Å²) >= 11 is 5.88. The molecule has 0 saturated carbocycles. The second-order valence-electron chi connectivity index (χ2n) is 5.18. The van der Waals surface area contributed by atoms with Crippen molar-refractivity contribution in [1.29, 1.82) is 0 Å². The third kappa shape index (κ3) is 3.45. The van der Waals surface area contributed by atoms with Crippen LogP contribution in [0.4, 0.5) is 0 Å². The molecule has 18 heavy (non-hydrogen) atoms. The zero-order chi connectivity index (χ0) is 13.1. The van der Waals surface area contributed by atoms with E-state index in [1.54, 1.807) is 0 Å². The zero-order valence-electron chi connectivity index (χ0n) is 10.9. The van der Waals surface area contributed by atoms with Crippen LogP contribution in [0.2, 0.25) is 5.02 Å². The van der Waals surface area contributed by atoms with Gasteiger partial charge in [0.25, 0.3) is 0 Å². The molecular formula is C14H21ClN2O. The van der Waals surface area contributed by atoms with E-state index >= 15 is 0 Å². The zero-order valence-corrected chi connectivity index (χ0v) is 11.7. The van der Waals surface area contributed by atoms with Crippen molar-refractivity contribution >= 4 is 11.6 Å². The Morgan fingerprint density at radius 1 is 1.44 bits per heavy atom. The molecule has 1 aliphatic rings. The molecule has 1 unspecified atom stereocenters. The Hall–Kier alpha value is -0.610. The molecule has 3 nitrogen and oxygen atoms in total. The van der Waals surface area contributed by atoms with Gasteiger partial charge in [-0.05, 0) is 38.1 Å². The normalized spacial score (nSPS) is 27.1. The van der Waals surface area contributed by atoms with Crippen LogP contribution in [0.5, 0.6) is 0 Å². The molecule has 0 bridgehead atoms. The lowest BCUT2D eigenvalue weighted by molar-refractivity contribution is 0.0483. The van der Waals surface area contributed by atoms with Gasteiger partial charge in [0.2, 0.25) is 0 Å². The number of likely N-dealkylation sites (N-methyl/N-ethyl adjacent to an activating group) is 1. The Balaban J connectivity index is 1.91. The summed E-state index contributed by atoms with van der Waals surface area (Å²) in [6.07, 6.45) is 0.701. The quantitative estimate of drug-likeness (QED) is 0.873. The number of aliphatic hydroxyl groups is 1. The number of benzene rings is 1. The minimum Gasteiger partial charge on any atom is -0.392 e. The maximum absolute atomic E-state index is 9.66. The van der Waals surface area contributed by atoms with Gasteiger partial charge >= 0.3 is 0 Å². The van der Waals surface area contributed by atoms with E-state index in [2.05, 4.69) is 29.4 Å². The van der Waals surface area contributed by atoms with Crippen LogP contribution < -0.4 is 5.32 Å². The first kappa shape index (κ1) is 13.8. The fourth-order valence-electron chi connectivity index (χ4n) is 2.57. The SMILES string of the molecule is CC(O)[C@H]1CN[C@@H](Cc2ccc(Cl)cc2)CN1C. The van der Waals surface area contributed by atoms with Crippen molar-refractivity contribution in [2.45, 2.75) is 31.5 Å². The largest absolute Gasteiger partial charge is 0.392 e. The molecule has 100 valence electrons. The van der Waals surface area contributed by atoms with E-state index in [1.807, 2.05) is 19.1 Å². The molecule has 1 saturated heterocycles. The molecule has 2 rings (SSSR count). The highest BCUT2D eigenvalue weighted by atomic mass is 35.5. The summed E-state index contributed by atoms with van der Waals surface area (Å²) in [7, 11) is 2.08. The molecule has 0 amide bonds. The maximum atomic E-state index is 9.66. The van der Waals surface area contributed by atoms with Crippen LogP contribution in [0.15, 0.2) is 24.3 Å². The molecule has 0 radical (unpaired) electrons. The van der Waals surface area contributed by atoms with E-state index < -0.39 is 0 Å². The smallest absolute Gasteiger partial charge is 0.0679 e. The van der Waals surface area contributed by atoms with Crippen molar-refractivity contribution in [2.75, 3.05) is 20.1 Å². The predicted molar refractivity (Wildman–Crippen MR) is 75.0 cm³/mol. The summed E-state index contributed by atoms with van der Waals surface area (Å²) < 4.78 is 0. The van der Waals surface area contributed by atoms with E-state index in [1.165, 1.54) is 5.56 Å². The molecule has 1 heterocycles. The van der Waals surface area contributed by atoms with Gasteiger partial charge in [-0.25, -0.2) is 0 Å². The van der Waals surface area contributed by atoms with Crippen LogP contribution in [0, 0.1) is 0 Å². The van der Waals surface area contributed by atoms with Gasteiger partial charge in [-0.1, -0.05) is 23.7 Å². The van der Waals surface area contributed by atoms with Gasteiger partial charge in [0.1, 0.15) is 0 Å². The lowest BCUT2D eigenvalue weighted by atomic mass is 10.0. The van der Waals surface area contributed by atoms with Gasteiger partial charge in [0, 0.05) is 30.2 Å². The number of piperazine rings is 1. The topological polar surface area (TPSA) is 35.5 Å². The minimum absolute atomic E-state index is 0.214. The average Bonchev–Trinajstić information content (AvgIpc) is 2.32. The van der Waals surface area contributed by atoms with Gasteiger partial charge in [-0.15, -0.1) is 0 Å². The van der Waals surface area contributed by atoms with Crippen molar-refractivity contribution in [2.24, 2.45) is 0 Å². The van der Waals surface area contributed by atoms with Crippen LogP contribution in [-0.2, 0) is 6.42 Å². The monoisotopic (exact) mass is 268 g/mol. The van der Waals surface area contributed by atoms with E-state index in [0.717, 1.165) is 24.5 Å². The third-order valence-electron chi connectivity index (χ3n) is 3.64. The maximum Gasteiger partial charge on any atom is 0.0679 e. The van der Waals surface area contributed by atoms with Crippen molar-refractivity contribution in [3.8, 4) is 0 Å². The van der Waals surface area contributed by atoms with Crippen LogP contribution in [0.1, 0.15) is 12.5 Å². The first-order valence-electron chi connectivity index (χ1n) is 6.42. The number of hydrogen-bond donors (Lipinski definition) is 2. The molecular weight excluding hydrogens is 248 g/mol. The fraction of sp³-hybridized carbons (Fsp3) is 0.571. The summed E-state index contributed by atoms with van der Waals surface area (Å²) in [4.78, 5) is 2.24. The molecule has 1 aromatic rings. The van der Waals surface area contributed by atoms with Gasteiger partial charge in [0.15, 0.2) is 0 Å².